The van der Waals surface area contributed by atoms with Gasteiger partial charge in [-0.3, -0.25) is 4.79 Å². The number of hydrogen-bond donors (Lipinski definition) is 1. The van der Waals surface area contributed by atoms with Crippen molar-refractivity contribution in [2.75, 3.05) is 18.1 Å². The van der Waals surface area contributed by atoms with Gasteiger partial charge in [-0.25, -0.2) is 0 Å². The Balaban J connectivity index is 2.60. The third-order valence-corrected chi connectivity index (χ3v) is 3.53. The highest BCUT2D eigenvalue weighted by molar-refractivity contribution is 6.03. The van der Waals surface area contributed by atoms with Crippen LogP contribution in [0.4, 0.5) is 5.69 Å². The Morgan fingerprint density at radius 3 is 2.59 bits per heavy atom. The van der Waals surface area contributed by atoms with E-state index in [1.807, 2.05) is 6.92 Å². The molecule has 5 heteroatoms. The largest absolute Gasteiger partial charge is 0.490 e. The molecule has 22 heavy (non-hydrogen) atoms. The quantitative estimate of drug-likeness (QED) is 0.908. The summed E-state index contributed by atoms with van der Waals surface area (Å²) in [6.45, 7) is 10.5. The Bertz CT molecular complexity index is 566. The first-order valence-electron chi connectivity index (χ1n) is 7.71. The number of anilines is 1. The summed E-state index contributed by atoms with van der Waals surface area (Å²) in [4.78, 5) is 14.5. The van der Waals surface area contributed by atoms with Gasteiger partial charge in [-0.15, -0.1) is 0 Å². The van der Waals surface area contributed by atoms with E-state index in [1.54, 1.807) is 30.9 Å². The highest BCUT2D eigenvalue weighted by Gasteiger charge is 2.42. The number of rotatable bonds is 5. The standard InChI is InChI=1S/C17H25NO4/c1-6-21-14-8-12(10-19)7-13-15(14)22-17(4,5)16(20)18(13)9-11(2)3/h7-8,11,19H,6,9-10H2,1-5H3. The summed E-state index contributed by atoms with van der Waals surface area (Å²) in [5.74, 6) is 1.38. The second kappa shape index (κ2) is 6.16. The van der Waals surface area contributed by atoms with Gasteiger partial charge in [0.25, 0.3) is 5.91 Å². The molecule has 1 aliphatic rings. The fourth-order valence-corrected chi connectivity index (χ4v) is 2.58. The third-order valence-electron chi connectivity index (χ3n) is 3.53. The maximum atomic E-state index is 12.7. The van der Waals surface area contributed by atoms with Gasteiger partial charge in [0.2, 0.25) is 0 Å². The first-order valence-corrected chi connectivity index (χ1v) is 7.71. The zero-order chi connectivity index (χ0) is 16.5. The lowest BCUT2D eigenvalue weighted by atomic mass is 10.0. The molecule has 1 aliphatic heterocycles. The molecule has 0 atom stereocenters. The second-order valence-electron chi connectivity index (χ2n) is 6.46. The van der Waals surface area contributed by atoms with E-state index in [2.05, 4.69) is 13.8 Å². The molecule has 1 heterocycles. The molecule has 0 aromatic heterocycles. The number of carbonyl (C=O) groups is 1. The summed E-state index contributed by atoms with van der Waals surface area (Å²) < 4.78 is 11.6. The highest BCUT2D eigenvalue weighted by atomic mass is 16.5. The molecule has 1 amide bonds. The predicted molar refractivity (Wildman–Crippen MR) is 85.4 cm³/mol. The number of ether oxygens (including phenoxy) is 2. The number of aliphatic hydroxyl groups is 1. The van der Waals surface area contributed by atoms with Crippen LogP contribution in [-0.2, 0) is 11.4 Å². The van der Waals surface area contributed by atoms with E-state index in [4.69, 9.17) is 9.47 Å². The lowest BCUT2D eigenvalue weighted by Gasteiger charge is -2.40. The van der Waals surface area contributed by atoms with E-state index >= 15 is 0 Å². The van der Waals surface area contributed by atoms with Gasteiger partial charge in [-0.05, 0) is 44.4 Å². The average Bonchev–Trinajstić information content (AvgIpc) is 2.44. The van der Waals surface area contributed by atoms with Crippen LogP contribution in [0.25, 0.3) is 0 Å². The van der Waals surface area contributed by atoms with Crippen LogP contribution in [0.2, 0.25) is 0 Å². The second-order valence-corrected chi connectivity index (χ2v) is 6.46. The first-order chi connectivity index (χ1) is 10.3. The van der Waals surface area contributed by atoms with E-state index in [1.165, 1.54) is 0 Å². The van der Waals surface area contributed by atoms with Gasteiger partial charge < -0.3 is 19.5 Å². The Labute approximate surface area is 131 Å². The smallest absolute Gasteiger partial charge is 0.270 e. The molecule has 5 nitrogen and oxygen atoms in total. The van der Waals surface area contributed by atoms with Crippen molar-refractivity contribution in [1.82, 2.24) is 0 Å². The van der Waals surface area contributed by atoms with Gasteiger partial charge in [0, 0.05) is 6.54 Å². The van der Waals surface area contributed by atoms with Gasteiger partial charge in [-0.2, -0.15) is 0 Å². The van der Waals surface area contributed by atoms with Crippen LogP contribution in [0.1, 0.15) is 40.2 Å². The number of hydrogen-bond acceptors (Lipinski definition) is 4. The number of amides is 1. The van der Waals surface area contributed by atoms with E-state index in [9.17, 15) is 9.90 Å². The lowest BCUT2D eigenvalue weighted by Crippen LogP contribution is -2.53. The Hall–Kier alpha value is -1.75. The fraction of sp³-hybridized carbons (Fsp3) is 0.588. The van der Waals surface area contributed by atoms with Gasteiger partial charge in [-0.1, -0.05) is 13.8 Å². The minimum absolute atomic E-state index is 0.0776. The summed E-state index contributed by atoms with van der Waals surface area (Å²) in [5, 5.41) is 9.47. The number of benzene rings is 1. The normalized spacial score (nSPS) is 16.5. The van der Waals surface area contributed by atoms with Crippen molar-refractivity contribution in [2.24, 2.45) is 5.92 Å². The van der Waals surface area contributed by atoms with E-state index < -0.39 is 5.60 Å². The van der Waals surface area contributed by atoms with Crippen LogP contribution >= 0.6 is 0 Å². The Morgan fingerprint density at radius 2 is 2.05 bits per heavy atom. The molecule has 1 aromatic carbocycles. The molecule has 1 N–H and O–H groups in total. The van der Waals surface area contributed by atoms with Crippen LogP contribution in [0.5, 0.6) is 11.5 Å². The molecule has 0 radical (unpaired) electrons. The van der Waals surface area contributed by atoms with Crippen LogP contribution in [0.15, 0.2) is 12.1 Å². The van der Waals surface area contributed by atoms with E-state index in [0.717, 1.165) is 0 Å². The summed E-state index contributed by atoms with van der Waals surface area (Å²) >= 11 is 0. The van der Waals surface area contributed by atoms with Crippen molar-refractivity contribution in [3.05, 3.63) is 17.7 Å². The van der Waals surface area contributed by atoms with Crippen molar-refractivity contribution in [3.63, 3.8) is 0 Å². The molecule has 0 spiro atoms. The van der Waals surface area contributed by atoms with Crippen LogP contribution < -0.4 is 14.4 Å². The van der Waals surface area contributed by atoms with Crippen LogP contribution in [-0.4, -0.2) is 29.8 Å². The fourth-order valence-electron chi connectivity index (χ4n) is 2.58. The van der Waals surface area contributed by atoms with Crippen molar-refractivity contribution >= 4 is 11.6 Å². The van der Waals surface area contributed by atoms with Gasteiger partial charge >= 0.3 is 0 Å². The van der Waals surface area contributed by atoms with E-state index in [-0.39, 0.29) is 12.5 Å². The molecule has 0 saturated carbocycles. The minimum Gasteiger partial charge on any atom is -0.490 e. The molecular weight excluding hydrogens is 282 g/mol. The Morgan fingerprint density at radius 1 is 1.36 bits per heavy atom. The molecule has 2 rings (SSSR count). The predicted octanol–water partition coefficient (Wildman–Crippen LogP) is 2.74. The van der Waals surface area contributed by atoms with Crippen molar-refractivity contribution in [3.8, 4) is 11.5 Å². The first kappa shape index (κ1) is 16.6. The molecule has 0 bridgehead atoms. The topological polar surface area (TPSA) is 59.0 Å². The van der Waals surface area contributed by atoms with Crippen LogP contribution in [0, 0.1) is 5.92 Å². The molecule has 122 valence electrons. The maximum Gasteiger partial charge on any atom is 0.270 e. The molecule has 0 fully saturated rings. The number of carbonyl (C=O) groups excluding carboxylic acids is 1. The zero-order valence-corrected chi connectivity index (χ0v) is 14.0. The maximum absolute atomic E-state index is 12.7. The number of fused-ring (bicyclic) bond motifs is 1. The molecule has 1 aromatic rings. The summed E-state index contributed by atoms with van der Waals surface area (Å²) in [7, 11) is 0. The number of aliphatic hydroxyl groups excluding tert-OH is 1. The minimum atomic E-state index is -0.936. The Kier molecular flexibility index (Phi) is 4.66. The monoisotopic (exact) mass is 307 g/mol. The van der Waals surface area contributed by atoms with E-state index in [0.29, 0.717) is 41.8 Å². The molecule has 0 saturated heterocycles. The van der Waals surface area contributed by atoms with Crippen molar-refractivity contribution in [2.45, 2.75) is 46.8 Å². The van der Waals surface area contributed by atoms with Gasteiger partial charge in [0.15, 0.2) is 17.1 Å². The molecule has 0 aliphatic carbocycles. The SMILES string of the molecule is CCOc1cc(CO)cc2c1OC(C)(C)C(=O)N2CC(C)C. The molecule has 0 unspecified atom stereocenters. The summed E-state index contributed by atoms with van der Waals surface area (Å²) in [6, 6.07) is 3.56. The van der Waals surface area contributed by atoms with Crippen molar-refractivity contribution in [1.29, 1.82) is 0 Å². The zero-order valence-electron chi connectivity index (χ0n) is 14.0. The molecular formula is C17H25NO4. The summed E-state index contributed by atoms with van der Waals surface area (Å²) in [5.41, 5.74) is 0.439. The van der Waals surface area contributed by atoms with Gasteiger partial charge in [0.05, 0.1) is 18.9 Å². The van der Waals surface area contributed by atoms with Gasteiger partial charge in [0.1, 0.15) is 0 Å². The number of nitrogens with zero attached hydrogens (tertiary/aromatic N) is 1. The summed E-state index contributed by atoms with van der Waals surface area (Å²) in [6.07, 6.45) is 0. The van der Waals surface area contributed by atoms with Crippen molar-refractivity contribution < 1.29 is 19.4 Å². The highest BCUT2D eigenvalue weighted by Crippen LogP contribution is 2.45. The lowest BCUT2D eigenvalue weighted by molar-refractivity contribution is -0.132. The van der Waals surface area contributed by atoms with Crippen LogP contribution in [0.3, 0.4) is 0 Å². The third kappa shape index (κ3) is 3.04. The average molecular weight is 307 g/mol.